The molecule has 0 saturated heterocycles. The standard InChI is InChI=1S/C18H27NO3/c1-6-8-14(17(20)21)19-16-13(9-7-10-15(16)22-5)12(2)11-18(19,3)4/h7,9-10,12,14H,6,8,11H2,1-5H3,(H,20,21). The SMILES string of the molecule is CCCC(C(=O)O)N1c2c(OC)cccc2C(C)CC1(C)C. The smallest absolute Gasteiger partial charge is 0.326 e. The summed E-state index contributed by atoms with van der Waals surface area (Å²) in [6.07, 6.45) is 2.40. The Labute approximate surface area is 133 Å². The Hall–Kier alpha value is -1.71. The van der Waals surface area contributed by atoms with E-state index >= 15 is 0 Å². The molecule has 1 N–H and O–H groups in total. The van der Waals surface area contributed by atoms with Crippen molar-refractivity contribution in [2.24, 2.45) is 0 Å². The summed E-state index contributed by atoms with van der Waals surface area (Å²) in [5.74, 6) is 0.383. The number of para-hydroxylation sites is 1. The van der Waals surface area contributed by atoms with Crippen LogP contribution in [0.25, 0.3) is 0 Å². The van der Waals surface area contributed by atoms with E-state index in [9.17, 15) is 9.90 Å². The number of hydrogen-bond donors (Lipinski definition) is 1. The maximum Gasteiger partial charge on any atom is 0.326 e. The Morgan fingerprint density at radius 2 is 2.18 bits per heavy atom. The summed E-state index contributed by atoms with van der Waals surface area (Å²) < 4.78 is 5.56. The molecule has 122 valence electrons. The van der Waals surface area contributed by atoms with Crippen LogP contribution in [0.5, 0.6) is 5.75 Å². The van der Waals surface area contributed by atoms with Crippen LogP contribution in [0.2, 0.25) is 0 Å². The third-order valence-electron chi connectivity index (χ3n) is 4.64. The number of carbonyl (C=O) groups is 1. The number of hydrogen-bond acceptors (Lipinski definition) is 3. The lowest BCUT2D eigenvalue weighted by atomic mass is 9.78. The van der Waals surface area contributed by atoms with Crippen molar-refractivity contribution in [1.29, 1.82) is 0 Å². The molecule has 0 radical (unpaired) electrons. The Kier molecular flexibility index (Phi) is 4.69. The number of benzene rings is 1. The van der Waals surface area contributed by atoms with Crippen LogP contribution in [-0.2, 0) is 4.79 Å². The Morgan fingerprint density at radius 3 is 2.73 bits per heavy atom. The monoisotopic (exact) mass is 305 g/mol. The van der Waals surface area contributed by atoms with Crippen molar-refractivity contribution >= 4 is 11.7 Å². The van der Waals surface area contributed by atoms with Gasteiger partial charge in [0.05, 0.1) is 12.8 Å². The molecule has 2 atom stereocenters. The van der Waals surface area contributed by atoms with Crippen molar-refractivity contribution in [2.45, 2.75) is 64.5 Å². The van der Waals surface area contributed by atoms with E-state index in [2.05, 4.69) is 31.7 Å². The number of ether oxygens (including phenoxy) is 1. The lowest BCUT2D eigenvalue weighted by molar-refractivity contribution is -0.139. The number of methoxy groups -OCH3 is 1. The highest BCUT2D eigenvalue weighted by Crippen LogP contribution is 2.49. The molecule has 4 nitrogen and oxygen atoms in total. The van der Waals surface area contributed by atoms with Crippen molar-refractivity contribution in [3.63, 3.8) is 0 Å². The highest BCUT2D eigenvalue weighted by molar-refractivity contribution is 5.82. The van der Waals surface area contributed by atoms with E-state index in [1.54, 1.807) is 7.11 Å². The first-order valence-electron chi connectivity index (χ1n) is 8.02. The van der Waals surface area contributed by atoms with Gasteiger partial charge >= 0.3 is 5.97 Å². The molecule has 1 aromatic rings. The predicted molar refractivity (Wildman–Crippen MR) is 88.9 cm³/mol. The number of fused-ring (bicyclic) bond motifs is 1. The zero-order valence-electron chi connectivity index (χ0n) is 14.2. The van der Waals surface area contributed by atoms with Gasteiger partial charge < -0.3 is 14.7 Å². The van der Waals surface area contributed by atoms with Gasteiger partial charge in [-0.05, 0) is 44.2 Å². The molecular weight excluding hydrogens is 278 g/mol. The molecule has 0 spiro atoms. The first kappa shape index (κ1) is 16.7. The van der Waals surface area contributed by atoms with E-state index in [1.807, 2.05) is 19.1 Å². The molecular formula is C18H27NO3. The minimum atomic E-state index is -0.763. The lowest BCUT2D eigenvalue weighted by Gasteiger charge is -2.50. The molecule has 0 saturated carbocycles. The Bertz CT molecular complexity index is 553. The fourth-order valence-corrected chi connectivity index (χ4v) is 3.83. The molecule has 0 bridgehead atoms. The van der Waals surface area contributed by atoms with Gasteiger partial charge in [-0.3, -0.25) is 0 Å². The quantitative estimate of drug-likeness (QED) is 0.892. The topological polar surface area (TPSA) is 49.8 Å². The molecule has 0 aliphatic carbocycles. The summed E-state index contributed by atoms with van der Waals surface area (Å²) in [5.41, 5.74) is 1.91. The molecule has 2 rings (SSSR count). The predicted octanol–water partition coefficient (Wildman–Crippen LogP) is 4.04. The Balaban J connectivity index is 2.65. The molecule has 0 fully saturated rings. The first-order chi connectivity index (χ1) is 10.3. The average molecular weight is 305 g/mol. The van der Waals surface area contributed by atoms with Crippen LogP contribution in [0.4, 0.5) is 5.69 Å². The average Bonchev–Trinajstić information content (AvgIpc) is 2.44. The lowest BCUT2D eigenvalue weighted by Crippen LogP contribution is -2.56. The van der Waals surface area contributed by atoms with E-state index in [-0.39, 0.29) is 5.54 Å². The van der Waals surface area contributed by atoms with Crippen LogP contribution in [0.3, 0.4) is 0 Å². The first-order valence-corrected chi connectivity index (χ1v) is 8.02. The number of aliphatic carboxylic acids is 1. The second-order valence-corrected chi connectivity index (χ2v) is 6.83. The zero-order chi connectivity index (χ0) is 16.5. The van der Waals surface area contributed by atoms with E-state index in [1.165, 1.54) is 5.56 Å². The minimum Gasteiger partial charge on any atom is -0.495 e. The van der Waals surface area contributed by atoms with Crippen LogP contribution < -0.4 is 9.64 Å². The van der Waals surface area contributed by atoms with Gasteiger partial charge in [0, 0.05) is 5.54 Å². The highest BCUT2D eigenvalue weighted by atomic mass is 16.5. The summed E-state index contributed by atoms with van der Waals surface area (Å²) in [4.78, 5) is 14.0. The molecule has 1 aromatic carbocycles. The summed E-state index contributed by atoms with van der Waals surface area (Å²) in [5, 5.41) is 9.76. The molecule has 2 unspecified atom stereocenters. The second kappa shape index (κ2) is 6.19. The molecule has 0 aromatic heterocycles. The van der Waals surface area contributed by atoms with Crippen molar-refractivity contribution in [2.75, 3.05) is 12.0 Å². The molecule has 1 heterocycles. The van der Waals surface area contributed by atoms with Crippen LogP contribution in [0, 0.1) is 0 Å². The second-order valence-electron chi connectivity index (χ2n) is 6.83. The van der Waals surface area contributed by atoms with E-state index in [4.69, 9.17) is 4.74 Å². The molecule has 1 aliphatic heterocycles. The number of nitrogens with zero attached hydrogens (tertiary/aromatic N) is 1. The fourth-order valence-electron chi connectivity index (χ4n) is 3.83. The van der Waals surface area contributed by atoms with Gasteiger partial charge in [-0.25, -0.2) is 4.79 Å². The van der Waals surface area contributed by atoms with Crippen molar-refractivity contribution in [3.05, 3.63) is 23.8 Å². The van der Waals surface area contributed by atoms with Gasteiger partial charge in [-0.1, -0.05) is 32.4 Å². The molecule has 4 heteroatoms. The summed E-state index contributed by atoms with van der Waals surface area (Å²) in [7, 11) is 1.65. The molecule has 0 amide bonds. The van der Waals surface area contributed by atoms with Gasteiger partial charge in [0.2, 0.25) is 0 Å². The summed E-state index contributed by atoms with van der Waals surface area (Å²) >= 11 is 0. The zero-order valence-corrected chi connectivity index (χ0v) is 14.2. The van der Waals surface area contributed by atoms with Crippen LogP contribution in [0.15, 0.2) is 18.2 Å². The Morgan fingerprint density at radius 1 is 1.50 bits per heavy atom. The maximum atomic E-state index is 11.9. The third kappa shape index (κ3) is 2.79. The molecule has 1 aliphatic rings. The molecule has 22 heavy (non-hydrogen) atoms. The van der Waals surface area contributed by atoms with Gasteiger partial charge in [0.25, 0.3) is 0 Å². The van der Waals surface area contributed by atoms with Crippen molar-refractivity contribution in [3.8, 4) is 5.75 Å². The normalized spacial score (nSPS) is 21.1. The van der Waals surface area contributed by atoms with E-state index in [0.717, 1.165) is 24.3 Å². The fraction of sp³-hybridized carbons (Fsp3) is 0.611. The van der Waals surface area contributed by atoms with Crippen molar-refractivity contribution in [1.82, 2.24) is 0 Å². The minimum absolute atomic E-state index is 0.223. The van der Waals surface area contributed by atoms with Crippen LogP contribution in [-0.4, -0.2) is 29.8 Å². The summed E-state index contributed by atoms with van der Waals surface area (Å²) in [6.45, 7) is 8.49. The number of carboxylic acids is 1. The van der Waals surface area contributed by atoms with Crippen LogP contribution in [0.1, 0.15) is 58.4 Å². The van der Waals surface area contributed by atoms with Crippen molar-refractivity contribution < 1.29 is 14.6 Å². The van der Waals surface area contributed by atoms with Gasteiger partial charge in [0.1, 0.15) is 11.8 Å². The third-order valence-corrected chi connectivity index (χ3v) is 4.64. The van der Waals surface area contributed by atoms with Gasteiger partial charge in [-0.15, -0.1) is 0 Å². The van der Waals surface area contributed by atoms with Gasteiger partial charge in [-0.2, -0.15) is 0 Å². The van der Waals surface area contributed by atoms with Gasteiger partial charge in [0.15, 0.2) is 0 Å². The summed E-state index contributed by atoms with van der Waals surface area (Å²) in [6, 6.07) is 5.48. The largest absolute Gasteiger partial charge is 0.495 e. The maximum absolute atomic E-state index is 11.9. The van der Waals surface area contributed by atoms with E-state index < -0.39 is 12.0 Å². The van der Waals surface area contributed by atoms with E-state index in [0.29, 0.717) is 12.3 Å². The highest BCUT2D eigenvalue weighted by Gasteiger charge is 2.43. The van der Waals surface area contributed by atoms with Crippen LogP contribution >= 0.6 is 0 Å². The number of anilines is 1. The number of rotatable bonds is 5. The number of carboxylic acid groups (broad SMARTS) is 1.